The number of hydrogen-bond donors (Lipinski definition) is 1. The average molecular weight is 269 g/mol. The molecular formula is C13H19NO3S. The topological polar surface area (TPSA) is 55.4 Å². The fourth-order valence-corrected chi connectivity index (χ4v) is 2.62. The number of amides is 1. The van der Waals surface area contributed by atoms with E-state index in [1.54, 1.807) is 11.3 Å². The molecule has 1 atom stereocenters. The Balaban J connectivity index is 2.85. The molecular weight excluding hydrogens is 250 g/mol. The summed E-state index contributed by atoms with van der Waals surface area (Å²) in [4.78, 5) is 25.7. The first kappa shape index (κ1) is 14.7. The van der Waals surface area contributed by atoms with Gasteiger partial charge in [-0.3, -0.25) is 4.79 Å². The number of carbonyl (C=O) groups excluding carboxylic acids is 2. The number of nitrogens with one attached hydrogen (secondary N) is 1. The van der Waals surface area contributed by atoms with Gasteiger partial charge in [-0.15, -0.1) is 11.3 Å². The molecule has 1 heterocycles. The van der Waals surface area contributed by atoms with Gasteiger partial charge in [0.15, 0.2) is 0 Å². The van der Waals surface area contributed by atoms with Crippen LogP contribution < -0.4 is 5.32 Å². The Kier molecular flexibility index (Phi) is 4.90. The Bertz CT molecular complexity index is 451. The van der Waals surface area contributed by atoms with Gasteiger partial charge in [0.1, 0.15) is 6.04 Å². The summed E-state index contributed by atoms with van der Waals surface area (Å²) in [7, 11) is 1.32. The van der Waals surface area contributed by atoms with Gasteiger partial charge in [-0.25, -0.2) is 4.79 Å². The van der Waals surface area contributed by atoms with Gasteiger partial charge in [-0.2, -0.15) is 0 Å². The third-order valence-corrected chi connectivity index (χ3v) is 3.66. The zero-order chi connectivity index (χ0) is 13.9. The largest absolute Gasteiger partial charge is 0.467 e. The summed E-state index contributed by atoms with van der Waals surface area (Å²) in [5, 5.41) is 2.73. The van der Waals surface area contributed by atoms with Gasteiger partial charge in [0.05, 0.1) is 12.7 Å². The molecule has 0 radical (unpaired) electrons. The van der Waals surface area contributed by atoms with E-state index in [1.807, 2.05) is 33.8 Å². The summed E-state index contributed by atoms with van der Waals surface area (Å²) in [5.74, 6) is -0.648. The van der Waals surface area contributed by atoms with Crippen LogP contribution in [-0.2, 0) is 9.53 Å². The highest BCUT2D eigenvalue weighted by atomic mass is 32.1. The summed E-state index contributed by atoms with van der Waals surface area (Å²) < 4.78 is 4.69. The standard InChI is InChI=1S/C13H19NO3S/c1-7(2)11(13(16)17-5)14-12(15)10-6-8(3)18-9(10)4/h6-7,11H,1-5H3,(H,14,15). The molecule has 1 amide bonds. The molecule has 0 aliphatic rings. The first-order valence-corrected chi connectivity index (χ1v) is 6.64. The number of ether oxygens (including phenoxy) is 1. The van der Waals surface area contributed by atoms with Crippen molar-refractivity contribution in [2.24, 2.45) is 5.92 Å². The highest BCUT2D eigenvalue weighted by Crippen LogP contribution is 2.20. The maximum Gasteiger partial charge on any atom is 0.328 e. The molecule has 100 valence electrons. The second-order valence-corrected chi connectivity index (χ2v) is 6.01. The highest BCUT2D eigenvalue weighted by Gasteiger charge is 2.26. The molecule has 1 aromatic heterocycles. The molecule has 0 saturated heterocycles. The van der Waals surface area contributed by atoms with Gasteiger partial charge < -0.3 is 10.1 Å². The van der Waals surface area contributed by atoms with E-state index < -0.39 is 12.0 Å². The van der Waals surface area contributed by atoms with Crippen LogP contribution in [-0.4, -0.2) is 25.0 Å². The third kappa shape index (κ3) is 3.32. The molecule has 5 heteroatoms. The van der Waals surface area contributed by atoms with E-state index in [2.05, 4.69) is 5.32 Å². The van der Waals surface area contributed by atoms with Crippen molar-refractivity contribution in [2.75, 3.05) is 7.11 Å². The first-order valence-electron chi connectivity index (χ1n) is 5.82. The van der Waals surface area contributed by atoms with Gasteiger partial charge in [-0.1, -0.05) is 13.8 Å². The number of hydrogen-bond acceptors (Lipinski definition) is 4. The lowest BCUT2D eigenvalue weighted by atomic mass is 10.0. The Morgan fingerprint density at radius 1 is 1.33 bits per heavy atom. The third-order valence-electron chi connectivity index (χ3n) is 2.69. The van der Waals surface area contributed by atoms with Crippen molar-refractivity contribution in [1.82, 2.24) is 5.32 Å². The predicted molar refractivity (Wildman–Crippen MR) is 71.9 cm³/mol. The Morgan fingerprint density at radius 2 is 1.94 bits per heavy atom. The minimum absolute atomic E-state index is 0.0126. The maximum absolute atomic E-state index is 12.1. The van der Waals surface area contributed by atoms with E-state index in [4.69, 9.17) is 4.74 Å². The van der Waals surface area contributed by atoms with Crippen molar-refractivity contribution in [2.45, 2.75) is 33.7 Å². The minimum Gasteiger partial charge on any atom is -0.467 e. The van der Waals surface area contributed by atoms with Crippen molar-refractivity contribution >= 4 is 23.2 Å². The van der Waals surface area contributed by atoms with Crippen molar-refractivity contribution in [3.05, 3.63) is 21.4 Å². The molecule has 1 rings (SSSR count). The molecule has 0 fully saturated rings. The zero-order valence-electron chi connectivity index (χ0n) is 11.4. The van der Waals surface area contributed by atoms with Crippen LogP contribution in [0.4, 0.5) is 0 Å². The summed E-state index contributed by atoms with van der Waals surface area (Å²) in [5.41, 5.74) is 0.632. The van der Waals surface area contributed by atoms with Crippen LogP contribution in [0.15, 0.2) is 6.07 Å². The molecule has 0 spiro atoms. The van der Waals surface area contributed by atoms with Gasteiger partial charge in [0.25, 0.3) is 5.91 Å². The number of esters is 1. The van der Waals surface area contributed by atoms with E-state index in [1.165, 1.54) is 7.11 Å². The van der Waals surface area contributed by atoms with Crippen LogP contribution in [0, 0.1) is 19.8 Å². The molecule has 0 aliphatic heterocycles. The molecule has 0 aromatic carbocycles. The number of rotatable bonds is 4. The van der Waals surface area contributed by atoms with Crippen LogP contribution in [0.25, 0.3) is 0 Å². The summed E-state index contributed by atoms with van der Waals surface area (Å²) in [6, 6.07) is 1.23. The maximum atomic E-state index is 12.1. The molecule has 4 nitrogen and oxygen atoms in total. The molecule has 1 aromatic rings. The lowest BCUT2D eigenvalue weighted by Gasteiger charge is -2.19. The normalized spacial score (nSPS) is 12.3. The highest BCUT2D eigenvalue weighted by molar-refractivity contribution is 7.12. The SMILES string of the molecule is COC(=O)C(NC(=O)c1cc(C)sc1C)C(C)C. The van der Waals surface area contributed by atoms with Gasteiger partial charge >= 0.3 is 5.97 Å². The second-order valence-electron chi connectivity index (χ2n) is 4.55. The van der Waals surface area contributed by atoms with Crippen LogP contribution in [0.3, 0.4) is 0 Å². The monoisotopic (exact) mass is 269 g/mol. The second kappa shape index (κ2) is 6.00. The quantitative estimate of drug-likeness (QED) is 0.853. The van der Waals surface area contributed by atoms with E-state index in [-0.39, 0.29) is 11.8 Å². The molecule has 0 saturated carbocycles. The van der Waals surface area contributed by atoms with Crippen LogP contribution in [0.5, 0.6) is 0 Å². The van der Waals surface area contributed by atoms with E-state index in [9.17, 15) is 9.59 Å². The fourth-order valence-electron chi connectivity index (χ4n) is 1.70. The van der Waals surface area contributed by atoms with Crippen molar-refractivity contribution in [3.63, 3.8) is 0 Å². The van der Waals surface area contributed by atoms with E-state index in [0.29, 0.717) is 5.56 Å². The van der Waals surface area contributed by atoms with Crippen LogP contribution >= 0.6 is 11.3 Å². The summed E-state index contributed by atoms with van der Waals surface area (Å²) in [6.45, 7) is 7.59. The molecule has 0 aliphatic carbocycles. The number of methoxy groups -OCH3 is 1. The number of carbonyl (C=O) groups is 2. The minimum atomic E-state index is -0.609. The van der Waals surface area contributed by atoms with Crippen molar-refractivity contribution < 1.29 is 14.3 Å². The smallest absolute Gasteiger partial charge is 0.328 e. The molecule has 0 bridgehead atoms. The molecule has 1 unspecified atom stereocenters. The molecule has 1 N–H and O–H groups in total. The predicted octanol–water partition coefficient (Wildman–Crippen LogP) is 2.29. The Labute approximate surface area is 111 Å². The first-order chi connectivity index (χ1) is 8.36. The van der Waals surface area contributed by atoms with Gasteiger partial charge in [0.2, 0.25) is 0 Å². The summed E-state index contributed by atoms with van der Waals surface area (Å²) in [6.07, 6.45) is 0. The Morgan fingerprint density at radius 3 is 2.33 bits per heavy atom. The van der Waals surface area contributed by atoms with E-state index >= 15 is 0 Å². The van der Waals surface area contributed by atoms with Gasteiger partial charge in [0, 0.05) is 9.75 Å². The van der Waals surface area contributed by atoms with Crippen LogP contribution in [0.2, 0.25) is 0 Å². The zero-order valence-corrected chi connectivity index (χ0v) is 12.2. The lowest BCUT2D eigenvalue weighted by molar-refractivity contribution is -0.144. The van der Waals surface area contributed by atoms with Gasteiger partial charge in [-0.05, 0) is 25.8 Å². The van der Waals surface area contributed by atoms with Crippen molar-refractivity contribution in [1.29, 1.82) is 0 Å². The number of thiophene rings is 1. The Hall–Kier alpha value is -1.36. The van der Waals surface area contributed by atoms with E-state index in [0.717, 1.165) is 9.75 Å². The number of aryl methyl sites for hydroxylation is 2. The summed E-state index contributed by atoms with van der Waals surface area (Å²) >= 11 is 1.57. The van der Waals surface area contributed by atoms with Crippen LogP contribution in [0.1, 0.15) is 34.0 Å². The fraction of sp³-hybridized carbons (Fsp3) is 0.538. The lowest BCUT2D eigenvalue weighted by Crippen LogP contribution is -2.45. The average Bonchev–Trinajstić information content (AvgIpc) is 2.63. The molecule has 18 heavy (non-hydrogen) atoms. The van der Waals surface area contributed by atoms with Crippen molar-refractivity contribution in [3.8, 4) is 0 Å².